The van der Waals surface area contributed by atoms with E-state index in [1.54, 1.807) is 6.92 Å². The van der Waals surface area contributed by atoms with E-state index in [4.69, 9.17) is 5.11 Å². The van der Waals surface area contributed by atoms with E-state index in [1.807, 2.05) is 0 Å². The van der Waals surface area contributed by atoms with Crippen molar-refractivity contribution in [1.82, 2.24) is 15.4 Å². The highest BCUT2D eigenvalue weighted by Crippen LogP contribution is 2.21. The summed E-state index contributed by atoms with van der Waals surface area (Å²) in [6.07, 6.45) is 0. The van der Waals surface area contributed by atoms with Crippen LogP contribution in [0.4, 0.5) is 4.39 Å². The minimum atomic E-state index is -1.18. The Morgan fingerprint density at radius 1 is 1.44 bits per heavy atom. The predicted octanol–water partition coefficient (Wildman–Crippen LogP) is 1.62. The molecule has 5 nitrogen and oxygen atoms in total. The van der Waals surface area contributed by atoms with Crippen molar-refractivity contribution in [3.8, 4) is 11.3 Å². The molecule has 0 aliphatic rings. The second-order valence-electron chi connectivity index (χ2n) is 3.29. The summed E-state index contributed by atoms with van der Waals surface area (Å²) >= 11 is 0. The average Bonchev–Trinajstić information content (AvgIpc) is 2.71. The van der Waals surface area contributed by atoms with Gasteiger partial charge in [0, 0.05) is 5.56 Å². The number of hydrogen-bond acceptors (Lipinski definition) is 3. The lowest BCUT2D eigenvalue weighted by Crippen LogP contribution is -1.99. The molecular formula is C10H8FN3O2. The van der Waals surface area contributed by atoms with Crippen molar-refractivity contribution in [3.05, 3.63) is 35.3 Å². The number of hydrogen-bond donors (Lipinski definition) is 2. The summed E-state index contributed by atoms with van der Waals surface area (Å²) in [6, 6.07) is 4.26. The molecule has 0 saturated carbocycles. The first-order valence-corrected chi connectivity index (χ1v) is 4.50. The van der Waals surface area contributed by atoms with Crippen LogP contribution in [0.1, 0.15) is 16.1 Å². The Kier molecular flexibility index (Phi) is 2.40. The van der Waals surface area contributed by atoms with Crippen molar-refractivity contribution in [3.63, 3.8) is 0 Å². The molecular weight excluding hydrogens is 213 g/mol. The van der Waals surface area contributed by atoms with Gasteiger partial charge in [0.15, 0.2) is 5.69 Å². The second kappa shape index (κ2) is 3.73. The number of halogens is 1. The zero-order chi connectivity index (χ0) is 11.7. The number of benzene rings is 1. The Balaban J connectivity index is 2.54. The second-order valence-corrected chi connectivity index (χ2v) is 3.29. The first-order valence-electron chi connectivity index (χ1n) is 4.50. The summed E-state index contributed by atoms with van der Waals surface area (Å²) < 4.78 is 13.0. The Morgan fingerprint density at radius 3 is 2.81 bits per heavy atom. The highest BCUT2D eigenvalue weighted by molar-refractivity contribution is 5.92. The van der Waals surface area contributed by atoms with Crippen molar-refractivity contribution in [2.24, 2.45) is 0 Å². The van der Waals surface area contributed by atoms with E-state index in [2.05, 4.69) is 15.4 Å². The Labute approximate surface area is 89.9 Å². The number of aryl methyl sites for hydroxylation is 1. The number of carboxylic acids is 1. The molecule has 0 bridgehead atoms. The predicted molar refractivity (Wildman–Crippen MR) is 53.5 cm³/mol. The zero-order valence-electron chi connectivity index (χ0n) is 8.36. The molecule has 0 saturated heterocycles. The summed E-state index contributed by atoms with van der Waals surface area (Å²) in [7, 11) is 0. The molecule has 0 spiro atoms. The summed E-state index contributed by atoms with van der Waals surface area (Å²) in [5, 5.41) is 18.3. The van der Waals surface area contributed by atoms with Crippen molar-refractivity contribution in [2.75, 3.05) is 0 Å². The zero-order valence-corrected chi connectivity index (χ0v) is 8.36. The van der Waals surface area contributed by atoms with E-state index in [1.165, 1.54) is 18.2 Å². The molecule has 16 heavy (non-hydrogen) atoms. The Morgan fingerprint density at radius 2 is 2.19 bits per heavy atom. The minimum Gasteiger partial charge on any atom is -0.476 e. The highest BCUT2D eigenvalue weighted by atomic mass is 19.1. The van der Waals surface area contributed by atoms with Gasteiger partial charge in [0.25, 0.3) is 0 Å². The van der Waals surface area contributed by atoms with Gasteiger partial charge in [-0.2, -0.15) is 10.3 Å². The Hall–Kier alpha value is -2.24. The van der Waals surface area contributed by atoms with Crippen molar-refractivity contribution < 1.29 is 14.3 Å². The molecule has 0 atom stereocenters. The SMILES string of the molecule is Cc1cc(-c2n[nH]nc2C(=O)O)ccc1F. The van der Waals surface area contributed by atoms with Gasteiger partial charge >= 0.3 is 5.97 Å². The number of aromatic carboxylic acids is 1. The van der Waals surface area contributed by atoms with Crippen LogP contribution in [0.3, 0.4) is 0 Å². The number of aromatic amines is 1. The average molecular weight is 221 g/mol. The largest absolute Gasteiger partial charge is 0.476 e. The fourth-order valence-electron chi connectivity index (χ4n) is 1.37. The van der Waals surface area contributed by atoms with Gasteiger partial charge in [-0.3, -0.25) is 0 Å². The van der Waals surface area contributed by atoms with Gasteiger partial charge in [-0.15, -0.1) is 5.10 Å². The van der Waals surface area contributed by atoms with Crippen molar-refractivity contribution >= 4 is 5.97 Å². The van der Waals surface area contributed by atoms with E-state index in [9.17, 15) is 9.18 Å². The first kappa shape index (κ1) is 10.3. The number of aromatic nitrogens is 3. The molecule has 2 N–H and O–H groups in total. The molecule has 1 aromatic carbocycles. The molecule has 2 rings (SSSR count). The maximum atomic E-state index is 13.0. The van der Waals surface area contributed by atoms with Crippen LogP contribution in [0.5, 0.6) is 0 Å². The van der Waals surface area contributed by atoms with Gasteiger partial charge in [0.1, 0.15) is 11.5 Å². The third-order valence-corrected chi connectivity index (χ3v) is 2.18. The normalized spacial score (nSPS) is 10.4. The molecule has 0 unspecified atom stereocenters. The van der Waals surface area contributed by atoms with E-state index in [0.29, 0.717) is 11.1 Å². The molecule has 0 aliphatic carbocycles. The lowest BCUT2D eigenvalue weighted by atomic mass is 10.1. The van der Waals surface area contributed by atoms with Crippen LogP contribution in [0.25, 0.3) is 11.3 Å². The van der Waals surface area contributed by atoms with Crippen LogP contribution in [0.15, 0.2) is 18.2 Å². The molecule has 0 radical (unpaired) electrons. The van der Waals surface area contributed by atoms with Crippen LogP contribution >= 0.6 is 0 Å². The number of nitrogens with one attached hydrogen (secondary N) is 1. The fraction of sp³-hybridized carbons (Fsp3) is 0.100. The van der Waals surface area contributed by atoms with Crippen LogP contribution < -0.4 is 0 Å². The standard InChI is InChI=1S/C10H8FN3O2/c1-5-4-6(2-3-7(5)11)8-9(10(15)16)13-14-12-8/h2-4H,1H3,(H,15,16)(H,12,13,14). The maximum absolute atomic E-state index is 13.0. The van der Waals surface area contributed by atoms with E-state index in [0.717, 1.165) is 0 Å². The summed E-state index contributed by atoms with van der Waals surface area (Å²) in [4.78, 5) is 10.8. The molecule has 0 fully saturated rings. The van der Waals surface area contributed by atoms with E-state index < -0.39 is 5.97 Å². The third kappa shape index (κ3) is 1.65. The quantitative estimate of drug-likeness (QED) is 0.807. The summed E-state index contributed by atoms with van der Waals surface area (Å²) in [5.74, 6) is -1.52. The molecule has 6 heteroatoms. The Bertz CT molecular complexity index is 551. The lowest BCUT2D eigenvalue weighted by Gasteiger charge is -2.00. The minimum absolute atomic E-state index is 0.175. The van der Waals surface area contributed by atoms with Crippen LogP contribution in [-0.2, 0) is 0 Å². The monoisotopic (exact) mass is 221 g/mol. The number of carboxylic acid groups (broad SMARTS) is 1. The first-order chi connectivity index (χ1) is 7.59. The molecule has 0 amide bonds. The number of rotatable bonds is 2. The van der Waals surface area contributed by atoms with Crippen LogP contribution in [0.2, 0.25) is 0 Å². The molecule has 82 valence electrons. The lowest BCUT2D eigenvalue weighted by molar-refractivity contribution is 0.0691. The topological polar surface area (TPSA) is 78.9 Å². The van der Waals surface area contributed by atoms with E-state index >= 15 is 0 Å². The van der Waals surface area contributed by atoms with E-state index in [-0.39, 0.29) is 17.2 Å². The molecule has 0 aliphatic heterocycles. The van der Waals surface area contributed by atoms with Gasteiger partial charge in [-0.1, -0.05) is 0 Å². The van der Waals surface area contributed by atoms with Gasteiger partial charge < -0.3 is 5.11 Å². The number of nitrogens with zero attached hydrogens (tertiary/aromatic N) is 2. The molecule has 2 aromatic rings. The summed E-state index contributed by atoms with van der Waals surface area (Å²) in [5.41, 5.74) is 0.975. The van der Waals surface area contributed by atoms with Gasteiger partial charge in [0.05, 0.1) is 0 Å². The highest BCUT2D eigenvalue weighted by Gasteiger charge is 2.17. The fourth-order valence-corrected chi connectivity index (χ4v) is 1.37. The third-order valence-electron chi connectivity index (χ3n) is 2.18. The number of carbonyl (C=O) groups is 1. The van der Waals surface area contributed by atoms with Gasteiger partial charge in [-0.25, -0.2) is 9.18 Å². The summed E-state index contributed by atoms with van der Waals surface area (Å²) in [6.45, 7) is 1.60. The van der Waals surface area contributed by atoms with Gasteiger partial charge in [-0.05, 0) is 30.7 Å². The van der Waals surface area contributed by atoms with Gasteiger partial charge in [0.2, 0.25) is 0 Å². The maximum Gasteiger partial charge on any atom is 0.358 e. The smallest absolute Gasteiger partial charge is 0.358 e. The van der Waals surface area contributed by atoms with Crippen LogP contribution in [0, 0.1) is 12.7 Å². The molecule has 1 heterocycles. The van der Waals surface area contributed by atoms with Crippen LogP contribution in [-0.4, -0.2) is 26.5 Å². The number of H-pyrrole nitrogens is 1. The van der Waals surface area contributed by atoms with Crippen molar-refractivity contribution in [2.45, 2.75) is 6.92 Å². The molecule has 1 aromatic heterocycles. The van der Waals surface area contributed by atoms with Crippen molar-refractivity contribution in [1.29, 1.82) is 0 Å².